The maximum atomic E-state index is 13.0. The summed E-state index contributed by atoms with van der Waals surface area (Å²) in [6.07, 6.45) is 0.843. The van der Waals surface area contributed by atoms with Crippen LogP contribution in [0.4, 0.5) is 0 Å². The van der Waals surface area contributed by atoms with Crippen LogP contribution in [0.5, 0.6) is 0 Å². The highest BCUT2D eigenvalue weighted by atomic mass is 35.5. The molecule has 0 bridgehead atoms. The van der Waals surface area contributed by atoms with Crippen molar-refractivity contribution in [3.05, 3.63) is 57.2 Å². The first kappa shape index (κ1) is 21.5. The van der Waals surface area contributed by atoms with Crippen LogP contribution in [0.15, 0.2) is 41.8 Å². The summed E-state index contributed by atoms with van der Waals surface area (Å²) in [5.74, 6) is -0.137. The van der Waals surface area contributed by atoms with Gasteiger partial charge in [0.1, 0.15) is 6.04 Å². The number of thiophene rings is 1. The van der Waals surface area contributed by atoms with Crippen molar-refractivity contribution >= 4 is 34.8 Å². The van der Waals surface area contributed by atoms with Crippen molar-refractivity contribution in [3.8, 4) is 0 Å². The van der Waals surface area contributed by atoms with Crippen molar-refractivity contribution in [2.75, 3.05) is 0 Å². The molecule has 2 unspecified atom stereocenters. The first-order chi connectivity index (χ1) is 12.8. The molecule has 1 aromatic carbocycles. The molecule has 0 aliphatic heterocycles. The lowest BCUT2D eigenvalue weighted by molar-refractivity contribution is -0.124. The molecule has 6 heteroatoms. The van der Waals surface area contributed by atoms with E-state index >= 15 is 0 Å². The van der Waals surface area contributed by atoms with Crippen molar-refractivity contribution in [1.29, 1.82) is 0 Å². The summed E-state index contributed by atoms with van der Waals surface area (Å²) in [5, 5.41) is 8.35. The van der Waals surface area contributed by atoms with Crippen molar-refractivity contribution in [1.82, 2.24) is 10.6 Å². The Labute approximate surface area is 170 Å². The summed E-state index contributed by atoms with van der Waals surface area (Å²) in [7, 11) is 0. The van der Waals surface area contributed by atoms with Gasteiger partial charge < -0.3 is 10.6 Å². The molecular weight excluding hydrogens is 380 g/mol. The van der Waals surface area contributed by atoms with Gasteiger partial charge in [-0.3, -0.25) is 9.59 Å². The van der Waals surface area contributed by atoms with Crippen LogP contribution in [-0.2, 0) is 4.79 Å². The highest BCUT2D eigenvalue weighted by Gasteiger charge is 2.28. The number of halogens is 1. The number of rotatable bonds is 8. The SMILES string of the molecule is CC(C)CC(NC(=O)C(NC(=O)c1ccccc1Cl)C(C)C)c1cccs1. The third-order valence-corrected chi connectivity index (χ3v) is 5.58. The molecule has 4 nitrogen and oxygen atoms in total. The lowest BCUT2D eigenvalue weighted by Crippen LogP contribution is -2.50. The molecule has 2 N–H and O–H groups in total. The maximum Gasteiger partial charge on any atom is 0.253 e. The lowest BCUT2D eigenvalue weighted by atomic mass is 9.99. The molecule has 146 valence electrons. The van der Waals surface area contributed by atoms with Gasteiger partial charge in [-0.25, -0.2) is 0 Å². The highest BCUT2D eigenvalue weighted by molar-refractivity contribution is 7.10. The van der Waals surface area contributed by atoms with E-state index in [1.165, 1.54) is 0 Å². The normalized spacial score (nSPS) is 13.4. The Bertz CT molecular complexity index is 759. The van der Waals surface area contributed by atoms with Gasteiger partial charge in [0.2, 0.25) is 5.91 Å². The van der Waals surface area contributed by atoms with Crippen LogP contribution in [0.1, 0.15) is 55.4 Å². The summed E-state index contributed by atoms with van der Waals surface area (Å²) in [4.78, 5) is 26.7. The molecular formula is C21H27ClN2O2S. The Morgan fingerprint density at radius 1 is 1.04 bits per heavy atom. The van der Waals surface area contributed by atoms with E-state index in [2.05, 4.69) is 24.5 Å². The van der Waals surface area contributed by atoms with Crippen molar-refractivity contribution in [2.24, 2.45) is 11.8 Å². The third-order valence-electron chi connectivity index (χ3n) is 4.26. The minimum absolute atomic E-state index is 0.0560. The van der Waals surface area contributed by atoms with E-state index in [-0.39, 0.29) is 23.8 Å². The summed E-state index contributed by atoms with van der Waals surface area (Å²) in [6.45, 7) is 8.09. The van der Waals surface area contributed by atoms with E-state index < -0.39 is 6.04 Å². The van der Waals surface area contributed by atoms with E-state index in [9.17, 15) is 9.59 Å². The molecule has 2 amide bonds. The Balaban J connectivity index is 2.14. The third kappa shape index (κ3) is 6.08. The van der Waals surface area contributed by atoms with Crippen LogP contribution in [-0.4, -0.2) is 17.9 Å². The average molecular weight is 407 g/mol. The Morgan fingerprint density at radius 3 is 2.30 bits per heavy atom. The van der Waals surface area contributed by atoms with E-state index in [0.717, 1.165) is 11.3 Å². The van der Waals surface area contributed by atoms with Gasteiger partial charge in [0, 0.05) is 4.88 Å². The molecule has 2 rings (SSSR count). The molecule has 27 heavy (non-hydrogen) atoms. The number of hydrogen-bond donors (Lipinski definition) is 2. The fraction of sp³-hybridized carbons (Fsp3) is 0.429. The fourth-order valence-corrected chi connectivity index (χ4v) is 3.88. The Morgan fingerprint density at radius 2 is 1.74 bits per heavy atom. The second-order valence-electron chi connectivity index (χ2n) is 7.38. The van der Waals surface area contributed by atoms with Crippen LogP contribution in [0.2, 0.25) is 5.02 Å². The molecule has 1 aromatic heterocycles. The monoisotopic (exact) mass is 406 g/mol. The molecule has 0 saturated heterocycles. The second kappa shape index (κ2) is 9.90. The zero-order valence-electron chi connectivity index (χ0n) is 16.2. The highest BCUT2D eigenvalue weighted by Crippen LogP contribution is 2.25. The van der Waals surface area contributed by atoms with Gasteiger partial charge in [0.05, 0.1) is 16.6 Å². The zero-order valence-corrected chi connectivity index (χ0v) is 17.7. The molecule has 2 aromatic rings. The minimum atomic E-state index is -0.636. The van der Waals surface area contributed by atoms with Gasteiger partial charge in [-0.15, -0.1) is 11.3 Å². The molecule has 0 fully saturated rings. The Kier molecular flexibility index (Phi) is 7.87. The van der Waals surface area contributed by atoms with E-state index in [0.29, 0.717) is 16.5 Å². The maximum absolute atomic E-state index is 13.0. The number of benzene rings is 1. The smallest absolute Gasteiger partial charge is 0.253 e. The predicted molar refractivity (Wildman–Crippen MR) is 112 cm³/mol. The molecule has 0 saturated carbocycles. The first-order valence-corrected chi connectivity index (χ1v) is 10.4. The number of carbonyl (C=O) groups excluding carboxylic acids is 2. The Hall–Kier alpha value is -1.85. The minimum Gasteiger partial charge on any atom is -0.347 e. The number of carbonyl (C=O) groups is 2. The van der Waals surface area contributed by atoms with Crippen LogP contribution in [0, 0.1) is 11.8 Å². The van der Waals surface area contributed by atoms with E-state index in [1.807, 2.05) is 31.4 Å². The van der Waals surface area contributed by atoms with Crippen LogP contribution >= 0.6 is 22.9 Å². The molecule has 0 spiro atoms. The van der Waals surface area contributed by atoms with Crippen LogP contribution in [0.25, 0.3) is 0 Å². The summed E-state index contributed by atoms with van der Waals surface area (Å²) < 4.78 is 0. The summed E-state index contributed by atoms with van der Waals surface area (Å²) in [6, 6.07) is 10.2. The molecule has 0 aliphatic rings. The van der Waals surface area contributed by atoms with Crippen LogP contribution in [0.3, 0.4) is 0 Å². The number of amides is 2. The summed E-state index contributed by atoms with van der Waals surface area (Å²) >= 11 is 7.74. The first-order valence-electron chi connectivity index (χ1n) is 9.18. The van der Waals surface area contributed by atoms with Crippen molar-refractivity contribution in [2.45, 2.75) is 46.2 Å². The zero-order chi connectivity index (χ0) is 20.0. The predicted octanol–water partition coefficient (Wildman–Crippen LogP) is 5.06. The van der Waals surface area contributed by atoms with Gasteiger partial charge in [-0.05, 0) is 41.8 Å². The van der Waals surface area contributed by atoms with Crippen molar-refractivity contribution < 1.29 is 9.59 Å². The average Bonchev–Trinajstić information content (AvgIpc) is 3.13. The van der Waals surface area contributed by atoms with E-state index in [4.69, 9.17) is 11.6 Å². The number of nitrogens with one attached hydrogen (secondary N) is 2. The van der Waals surface area contributed by atoms with Gasteiger partial charge in [-0.1, -0.05) is 57.5 Å². The number of hydrogen-bond acceptors (Lipinski definition) is 3. The molecule has 2 atom stereocenters. The second-order valence-corrected chi connectivity index (χ2v) is 8.77. The lowest BCUT2D eigenvalue weighted by Gasteiger charge is -2.26. The fourth-order valence-electron chi connectivity index (χ4n) is 2.87. The summed E-state index contributed by atoms with van der Waals surface area (Å²) in [5.41, 5.74) is 0.370. The molecule has 0 radical (unpaired) electrons. The largest absolute Gasteiger partial charge is 0.347 e. The standard InChI is InChI=1S/C21H27ClN2O2S/c1-13(2)12-17(18-10-7-11-27-18)23-21(26)19(14(3)4)24-20(25)15-8-5-6-9-16(15)22/h5-11,13-14,17,19H,12H2,1-4H3,(H,23,26)(H,24,25). The quantitative estimate of drug-likeness (QED) is 0.643. The van der Waals surface area contributed by atoms with Crippen LogP contribution < -0.4 is 10.6 Å². The topological polar surface area (TPSA) is 58.2 Å². The van der Waals surface area contributed by atoms with Crippen molar-refractivity contribution in [3.63, 3.8) is 0 Å². The van der Waals surface area contributed by atoms with Gasteiger partial charge in [0.25, 0.3) is 5.91 Å². The van der Waals surface area contributed by atoms with Gasteiger partial charge >= 0.3 is 0 Å². The van der Waals surface area contributed by atoms with Gasteiger partial charge in [-0.2, -0.15) is 0 Å². The molecule has 1 heterocycles. The molecule has 0 aliphatic carbocycles. The van der Waals surface area contributed by atoms with E-state index in [1.54, 1.807) is 35.6 Å². The van der Waals surface area contributed by atoms with Gasteiger partial charge in [0.15, 0.2) is 0 Å².